The topological polar surface area (TPSA) is 66.5 Å². The van der Waals surface area contributed by atoms with Gasteiger partial charge in [0, 0.05) is 19.0 Å². The summed E-state index contributed by atoms with van der Waals surface area (Å²) in [4.78, 5) is 13.5. The zero-order valence-corrected chi connectivity index (χ0v) is 19.9. The number of piperidine rings is 1. The van der Waals surface area contributed by atoms with Crippen molar-refractivity contribution in [1.82, 2.24) is 9.62 Å². The Labute approximate surface area is 196 Å². The van der Waals surface area contributed by atoms with Crippen LogP contribution < -0.4 is 5.32 Å². The molecule has 5 nitrogen and oxygen atoms in total. The number of nitrogens with one attached hydrogen (secondary N) is 1. The number of amides is 1. The number of carbonyl (C=O) groups is 1. The minimum absolute atomic E-state index is 0.0299. The average Bonchev–Trinajstić information content (AvgIpc) is 2.83. The molecule has 172 valence electrons. The molecule has 3 aromatic carbocycles. The second kappa shape index (κ2) is 9.89. The number of sulfonamides is 1. The largest absolute Gasteiger partial charge is 0.345 e. The van der Waals surface area contributed by atoms with E-state index in [9.17, 15) is 13.2 Å². The van der Waals surface area contributed by atoms with Gasteiger partial charge in [-0.05, 0) is 49.9 Å². The molecule has 0 unspecified atom stereocenters. The molecule has 4 rings (SSSR count). The van der Waals surface area contributed by atoms with E-state index in [2.05, 4.69) is 11.4 Å². The maximum atomic E-state index is 13.2. The maximum Gasteiger partial charge on any atom is 0.243 e. The van der Waals surface area contributed by atoms with Gasteiger partial charge in [-0.3, -0.25) is 4.79 Å². The highest BCUT2D eigenvalue weighted by molar-refractivity contribution is 7.89. The third-order valence-corrected chi connectivity index (χ3v) is 8.19. The van der Waals surface area contributed by atoms with Crippen molar-refractivity contribution in [3.63, 3.8) is 0 Å². The molecule has 0 aliphatic carbocycles. The van der Waals surface area contributed by atoms with Gasteiger partial charge in [-0.1, -0.05) is 77.9 Å². The fraction of sp³-hybridized carbons (Fsp3) is 0.296. The number of hydrogen-bond acceptors (Lipinski definition) is 3. The lowest BCUT2D eigenvalue weighted by Crippen LogP contribution is -2.43. The van der Waals surface area contributed by atoms with Crippen LogP contribution in [0.4, 0.5) is 0 Å². The van der Waals surface area contributed by atoms with E-state index < -0.39 is 10.0 Å². The smallest absolute Gasteiger partial charge is 0.243 e. The molecule has 1 N–H and O–H groups in total. The molecular weight excluding hydrogens is 432 g/mol. The second-order valence-corrected chi connectivity index (χ2v) is 10.7. The third kappa shape index (κ3) is 5.34. The lowest BCUT2D eigenvalue weighted by atomic mass is 9.93. The molecule has 0 saturated carbocycles. The van der Waals surface area contributed by atoms with Crippen molar-refractivity contribution in [1.29, 1.82) is 0 Å². The van der Waals surface area contributed by atoms with Crippen LogP contribution in [0.5, 0.6) is 0 Å². The van der Waals surface area contributed by atoms with Crippen molar-refractivity contribution in [3.8, 4) is 0 Å². The summed E-state index contributed by atoms with van der Waals surface area (Å²) in [7, 11) is -3.54. The molecule has 1 atom stereocenters. The minimum atomic E-state index is -3.54. The Morgan fingerprint density at radius 2 is 1.48 bits per heavy atom. The molecule has 1 aliphatic heterocycles. The van der Waals surface area contributed by atoms with Crippen LogP contribution >= 0.6 is 0 Å². The first-order chi connectivity index (χ1) is 15.8. The minimum Gasteiger partial charge on any atom is -0.345 e. The van der Waals surface area contributed by atoms with E-state index in [1.807, 2.05) is 74.5 Å². The van der Waals surface area contributed by atoms with Gasteiger partial charge in [-0.2, -0.15) is 4.31 Å². The van der Waals surface area contributed by atoms with Gasteiger partial charge in [0.1, 0.15) is 0 Å². The summed E-state index contributed by atoms with van der Waals surface area (Å²) in [5.41, 5.74) is 4.22. The summed E-state index contributed by atoms with van der Waals surface area (Å²) in [5.74, 6) is -0.247. The lowest BCUT2D eigenvalue weighted by molar-refractivity contribution is -0.126. The molecule has 1 aliphatic rings. The molecule has 0 bridgehead atoms. The monoisotopic (exact) mass is 462 g/mol. The first kappa shape index (κ1) is 23.2. The lowest BCUT2D eigenvalue weighted by Gasteiger charge is -2.31. The summed E-state index contributed by atoms with van der Waals surface area (Å²) in [6.45, 7) is 4.65. The van der Waals surface area contributed by atoms with Gasteiger partial charge in [0.2, 0.25) is 15.9 Å². The molecule has 0 spiro atoms. The van der Waals surface area contributed by atoms with Crippen LogP contribution in [0, 0.1) is 19.8 Å². The van der Waals surface area contributed by atoms with Gasteiger partial charge in [0.25, 0.3) is 0 Å². The van der Waals surface area contributed by atoms with Gasteiger partial charge in [-0.25, -0.2) is 8.42 Å². The quantitative estimate of drug-likeness (QED) is 0.582. The molecular formula is C27H30N2O3S. The summed E-state index contributed by atoms with van der Waals surface area (Å²) >= 11 is 0. The fourth-order valence-corrected chi connectivity index (χ4v) is 5.80. The molecule has 0 radical (unpaired) electrons. The molecule has 1 fully saturated rings. The Kier molecular flexibility index (Phi) is 6.96. The Balaban J connectivity index is 1.45. The van der Waals surface area contributed by atoms with Crippen molar-refractivity contribution in [2.45, 2.75) is 37.6 Å². The number of rotatable bonds is 6. The molecule has 33 heavy (non-hydrogen) atoms. The van der Waals surface area contributed by atoms with E-state index in [1.54, 1.807) is 12.1 Å². The summed E-state index contributed by atoms with van der Waals surface area (Å²) in [5, 5.41) is 3.23. The Morgan fingerprint density at radius 1 is 0.848 bits per heavy atom. The van der Waals surface area contributed by atoms with Gasteiger partial charge < -0.3 is 5.32 Å². The van der Waals surface area contributed by atoms with Gasteiger partial charge in [0.15, 0.2) is 0 Å². The number of benzene rings is 3. The molecule has 1 heterocycles. The molecule has 6 heteroatoms. The highest BCUT2D eigenvalue weighted by atomic mass is 32.2. The summed E-state index contributed by atoms with van der Waals surface area (Å²) < 4.78 is 27.5. The predicted octanol–water partition coefficient (Wildman–Crippen LogP) is 4.61. The number of aryl methyl sites for hydroxylation is 2. The van der Waals surface area contributed by atoms with Crippen molar-refractivity contribution in [2.75, 3.05) is 13.1 Å². The highest BCUT2D eigenvalue weighted by Gasteiger charge is 2.33. The first-order valence-electron chi connectivity index (χ1n) is 11.3. The van der Waals surface area contributed by atoms with Crippen LogP contribution in [0.15, 0.2) is 83.8 Å². The van der Waals surface area contributed by atoms with Crippen LogP contribution in [0.3, 0.4) is 0 Å². The van der Waals surface area contributed by atoms with E-state index in [-0.39, 0.29) is 17.9 Å². The van der Waals surface area contributed by atoms with Crippen LogP contribution in [-0.2, 0) is 14.8 Å². The maximum absolute atomic E-state index is 13.2. The fourth-order valence-electron chi connectivity index (χ4n) is 4.33. The van der Waals surface area contributed by atoms with Crippen molar-refractivity contribution >= 4 is 15.9 Å². The van der Waals surface area contributed by atoms with E-state index in [1.165, 1.54) is 4.31 Å². The highest BCUT2D eigenvalue weighted by Crippen LogP contribution is 2.27. The van der Waals surface area contributed by atoms with Gasteiger partial charge >= 0.3 is 0 Å². The van der Waals surface area contributed by atoms with Crippen LogP contribution in [0.25, 0.3) is 0 Å². The van der Waals surface area contributed by atoms with E-state index in [0.29, 0.717) is 30.8 Å². The standard InChI is InChI=1S/C27H30N2O3S/c1-20-11-13-25(14-12-20)33(31,32)29-17-15-23(16-18-29)27(30)28-26(22-8-4-3-5-9-22)24-10-6-7-21(2)19-24/h3-14,19,23,26H,15-18H2,1-2H3,(H,28,30)/t26-/m0/s1. The number of nitrogens with zero attached hydrogens (tertiary/aromatic N) is 1. The molecule has 3 aromatic rings. The van der Waals surface area contributed by atoms with Gasteiger partial charge in [0.05, 0.1) is 10.9 Å². The van der Waals surface area contributed by atoms with E-state index in [0.717, 1.165) is 22.3 Å². The first-order valence-corrected chi connectivity index (χ1v) is 12.8. The van der Waals surface area contributed by atoms with Gasteiger partial charge in [-0.15, -0.1) is 0 Å². The van der Waals surface area contributed by atoms with Crippen molar-refractivity contribution in [2.24, 2.45) is 5.92 Å². The van der Waals surface area contributed by atoms with Crippen molar-refractivity contribution in [3.05, 3.63) is 101 Å². The predicted molar refractivity (Wildman–Crippen MR) is 130 cm³/mol. The normalized spacial score (nSPS) is 16.3. The van der Waals surface area contributed by atoms with E-state index in [4.69, 9.17) is 0 Å². The zero-order chi connectivity index (χ0) is 23.4. The Hall–Kier alpha value is -2.96. The second-order valence-electron chi connectivity index (χ2n) is 8.76. The van der Waals surface area contributed by atoms with E-state index >= 15 is 0 Å². The van der Waals surface area contributed by atoms with Crippen molar-refractivity contribution < 1.29 is 13.2 Å². The SMILES string of the molecule is Cc1ccc(S(=O)(=O)N2CCC(C(=O)N[C@@H](c3ccccc3)c3cccc(C)c3)CC2)cc1. The summed E-state index contributed by atoms with van der Waals surface area (Å²) in [6.07, 6.45) is 1.01. The third-order valence-electron chi connectivity index (χ3n) is 6.28. The molecule has 0 aromatic heterocycles. The van der Waals surface area contributed by atoms with Crippen LogP contribution in [-0.4, -0.2) is 31.7 Å². The Bertz CT molecular complexity index is 1200. The zero-order valence-electron chi connectivity index (χ0n) is 19.1. The summed E-state index contributed by atoms with van der Waals surface area (Å²) in [6, 6.07) is 24.8. The number of carbonyl (C=O) groups excluding carboxylic acids is 1. The number of hydrogen-bond donors (Lipinski definition) is 1. The average molecular weight is 463 g/mol. The van der Waals surface area contributed by atoms with Crippen LogP contribution in [0.2, 0.25) is 0 Å². The Morgan fingerprint density at radius 3 is 2.12 bits per heavy atom. The molecule has 1 amide bonds. The van der Waals surface area contributed by atoms with Crippen LogP contribution in [0.1, 0.15) is 41.1 Å². The molecule has 1 saturated heterocycles.